The smallest absolute Gasteiger partial charge is 0.408 e. The maximum absolute atomic E-state index is 13.6. The Hall–Kier alpha value is -2.57. The molecule has 7 heteroatoms. The summed E-state index contributed by atoms with van der Waals surface area (Å²) in [6.07, 6.45) is 3.70. The van der Waals surface area contributed by atoms with Crippen LogP contribution in [0.15, 0.2) is 24.3 Å². The van der Waals surface area contributed by atoms with Crippen LogP contribution < -0.4 is 10.6 Å². The molecule has 1 aliphatic carbocycles. The fourth-order valence-electron chi connectivity index (χ4n) is 4.71. The van der Waals surface area contributed by atoms with Crippen LogP contribution >= 0.6 is 0 Å². The summed E-state index contributed by atoms with van der Waals surface area (Å²) in [6, 6.07) is 6.88. The van der Waals surface area contributed by atoms with Gasteiger partial charge in [0.1, 0.15) is 17.7 Å². The quantitative estimate of drug-likeness (QED) is 0.712. The Balaban J connectivity index is 1.73. The molecule has 1 aliphatic heterocycles. The third-order valence-electron chi connectivity index (χ3n) is 6.30. The first-order valence-corrected chi connectivity index (χ1v) is 12.0. The Morgan fingerprint density at radius 2 is 1.73 bits per heavy atom. The van der Waals surface area contributed by atoms with Gasteiger partial charge < -0.3 is 20.3 Å². The van der Waals surface area contributed by atoms with Crippen molar-refractivity contribution in [3.8, 4) is 0 Å². The topological polar surface area (TPSA) is 87.7 Å². The molecule has 1 aromatic carbocycles. The van der Waals surface area contributed by atoms with Gasteiger partial charge in [-0.25, -0.2) is 4.79 Å². The van der Waals surface area contributed by atoms with Crippen molar-refractivity contribution in [1.29, 1.82) is 0 Å². The van der Waals surface area contributed by atoms with Gasteiger partial charge in [0.15, 0.2) is 0 Å². The van der Waals surface area contributed by atoms with Crippen molar-refractivity contribution in [2.75, 3.05) is 6.54 Å². The number of aryl methyl sites for hydroxylation is 1. The van der Waals surface area contributed by atoms with Gasteiger partial charge >= 0.3 is 6.09 Å². The maximum atomic E-state index is 13.6. The first-order valence-electron chi connectivity index (χ1n) is 12.0. The van der Waals surface area contributed by atoms with Crippen LogP contribution in [0.25, 0.3) is 0 Å². The van der Waals surface area contributed by atoms with E-state index in [4.69, 9.17) is 4.74 Å². The predicted octanol–water partition coefficient (Wildman–Crippen LogP) is 4.11. The number of rotatable bonds is 4. The van der Waals surface area contributed by atoms with Crippen LogP contribution in [0.2, 0.25) is 0 Å². The van der Waals surface area contributed by atoms with Gasteiger partial charge in [-0.15, -0.1) is 0 Å². The number of fused-ring (bicyclic) bond motifs is 1. The molecule has 3 amide bonds. The molecule has 3 unspecified atom stereocenters. The van der Waals surface area contributed by atoms with Crippen LogP contribution in [0.4, 0.5) is 4.79 Å². The van der Waals surface area contributed by atoms with Crippen LogP contribution in [-0.4, -0.2) is 47.0 Å². The number of likely N-dealkylation sites (tertiary alicyclic amines) is 1. The molecule has 1 heterocycles. The standard InChI is InChI=1S/C26H39N3O4/c1-25(2,3)21(28-24(32)33-26(4,5)6)23(31)29-16-10-15-20(29)22(30)27-19-14-9-12-17-11-7-8-13-18(17)19/h7-8,11,13,19-21H,9-10,12,14-16H2,1-6H3,(H,27,30)(H,28,32). The van der Waals surface area contributed by atoms with Gasteiger partial charge in [-0.1, -0.05) is 45.0 Å². The molecule has 0 bridgehead atoms. The molecule has 2 N–H and O–H groups in total. The lowest BCUT2D eigenvalue weighted by atomic mass is 9.85. The number of benzene rings is 1. The average molecular weight is 458 g/mol. The largest absolute Gasteiger partial charge is 0.444 e. The molecule has 0 aromatic heterocycles. The van der Waals surface area contributed by atoms with Crippen molar-refractivity contribution < 1.29 is 19.1 Å². The molecule has 1 saturated heterocycles. The molecular weight excluding hydrogens is 418 g/mol. The first kappa shape index (κ1) is 25.1. The van der Waals surface area contributed by atoms with Crippen LogP contribution in [0.1, 0.15) is 84.4 Å². The van der Waals surface area contributed by atoms with E-state index in [2.05, 4.69) is 22.8 Å². The van der Waals surface area contributed by atoms with Crippen molar-refractivity contribution in [2.24, 2.45) is 5.41 Å². The number of amides is 3. The molecule has 1 fully saturated rings. The highest BCUT2D eigenvalue weighted by Gasteiger charge is 2.42. The summed E-state index contributed by atoms with van der Waals surface area (Å²) in [7, 11) is 0. The summed E-state index contributed by atoms with van der Waals surface area (Å²) in [5.41, 5.74) is 1.25. The van der Waals surface area contributed by atoms with Gasteiger partial charge in [0, 0.05) is 6.54 Å². The third kappa shape index (κ3) is 6.27. The van der Waals surface area contributed by atoms with E-state index in [0.29, 0.717) is 13.0 Å². The monoisotopic (exact) mass is 457 g/mol. The highest BCUT2D eigenvalue weighted by atomic mass is 16.6. The molecule has 1 aromatic rings. The van der Waals surface area contributed by atoms with E-state index in [1.54, 1.807) is 25.7 Å². The van der Waals surface area contributed by atoms with Crippen molar-refractivity contribution >= 4 is 17.9 Å². The molecule has 33 heavy (non-hydrogen) atoms. The molecule has 2 aliphatic rings. The summed E-state index contributed by atoms with van der Waals surface area (Å²) in [5.74, 6) is -0.359. The molecule has 3 atom stereocenters. The van der Waals surface area contributed by atoms with Crippen LogP contribution in [0.3, 0.4) is 0 Å². The summed E-state index contributed by atoms with van der Waals surface area (Å²) in [4.78, 5) is 41.0. The number of ether oxygens (including phenoxy) is 1. The highest BCUT2D eigenvalue weighted by molar-refractivity contribution is 5.92. The van der Waals surface area contributed by atoms with Crippen LogP contribution in [-0.2, 0) is 20.7 Å². The van der Waals surface area contributed by atoms with E-state index in [0.717, 1.165) is 25.7 Å². The Bertz CT molecular complexity index is 884. The van der Waals surface area contributed by atoms with E-state index < -0.39 is 29.2 Å². The second kappa shape index (κ2) is 9.74. The Morgan fingerprint density at radius 3 is 2.39 bits per heavy atom. The van der Waals surface area contributed by atoms with Gasteiger partial charge in [0.2, 0.25) is 11.8 Å². The van der Waals surface area contributed by atoms with Gasteiger partial charge in [-0.2, -0.15) is 0 Å². The van der Waals surface area contributed by atoms with Crippen LogP contribution in [0, 0.1) is 5.41 Å². The summed E-state index contributed by atoms with van der Waals surface area (Å²) < 4.78 is 5.38. The Labute approximate surface area is 197 Å². The molecule has 0 spiro atoms. The normalized spacial score (nSPS) is 21.7. The number of hydrogen-bond donors (Lipinski definition) is 2. The minimum Gasteiger partial charge on any atom is -0.444 e. The van der Waals surface area contributed by atoms with Crippen molar-refractivity contribution in [3.05, 3.63) is 35.4 Å². The number of nitrogens with one attached hydrogen (secondary N) is 2. The average Bonchev–Trinajstić information content (AvgIpc) is 3.20. The van der Waals surface area contributed by atoms with Crippen LogP contribution in [0.5, 0.6) is 0 Å². The second-order valence-corrected chi connectivity index (χ2v) is 11.3. The van der Waals surface area contributed by atoms with E-state index >= 15 is 0 Å². The number of nitrogens with zero attached hydrogens (tertiary/aromatic N) is 1. The SMILES string of the molecule is CC(C)(C)OC(=O)NC(C(=O)N1CCCC1C(=O)NC1CCCc2ccccc21)C(C)(C)C. The second-order valence-electron chi connectivity index (χ2n) is 11.3. The summed E-state index contributed by atoms with van der Waals surface area (Å²) in [6.45, 7) is 11.5. The minimum atomic E-state index is -0.795. The van der Waals surface area contributed by atoms with E-state index in [9.17, 15) is 14.4 Å². The maximum Gasteiger partial charge on any atom is 0.408 e. The molecule has 0 radical (unpaired) electrons. The molecule has 0 saturated carbocycles. The molecular formula is C26H39N3O4. The van der Waals surface area contributed by atoms with Crippen molar-refractivity contribution in [1.82, 2.24) is 15.5 Å². The van der Waals surface area contributed by atoms with E-state index in [1.165, 1.54) is 11.1 Å². The van der Waals surface area contributed by atoms with E-state index in [1.807, 2.05) is 32.9 Å². The number of hydrogen-bond acceptors (Lipinski definition) is 4. The third-order valence-corrected chi connectivity index (χ3v) is 6.30. The fraction of sp³-hybridized carbons (Fsp3) is 0.654. The number of carbonyl (C=O) groups excluding carboxylic acids is 3. The van der Waals surface area contributed by atoms with Gasteiger partial charge in [0.05, 0.1) is 6.04 Å². The van der Waals surface area contributed by atoms with Crippen molar-refractivity contribution in [2.45, 2.75) is 97.4 Å². The lowest BCUT2D eigenvalue weighted by Gasteiger charge is -2.36. The summed E-state index contributed by atoms with van der Waals surface area (Å²) >= 11 is 0. The lowest BCUT2D eigenvalue weighted by Crippen LogP contribution is -2.58. The predicted molar refractivity (Wildman–Crippen MR) is 128 cm³/mol. The lowest BCUT2D eigenvalue weighted by molar-refractivity contribution is -0.142. The Morgan fingerprint density at radius 1 is 1.03 bits per heavy atom. The minimum absolute atomic E-state index is 0.0293. The molecule has 7 nitrogen and oxygen atoms in total. The first-order chi connectivity index (χ1) is 15.4. The van der Waals surface area contributed by atoms with Gasteiger partial charge in [-0.3, -0.25) is 9.59 Å². The summed E-state index contributed by atoms with van der Waals surface area (Å²) in [5, 5.41) is 5.97. The zero-order valence-corrected chi connectivity index (χ0v) is 20.9. The number of alkyl carbamates (subject to hydrolysis) is 1. The fourth-order valence-corrected chi connectivity index (χ4v) is 4.71. The van der Waals surface area contributed by atoms with Gasteiger partial charge in [-0.05, 0) is 69.4 Å². The van der Waals surface area contributed by atoms with Crippen molar-refractivity contribution in [3.63, 3.8) is 0 Å². The highest BCUT2D eigenvalue weighted by Crippen LogP contribution is 2.31. The van der Waals surface area contributed by atoms with E-state index in [-0.39, 0.29) is 17.9 Å². The molecule has 3 rings (SSSR count). The zero-order valence-electron chi connectivity index (χ0n) is 20.9. The molecule has 182 valence electrons. The zero-order chi connectivity index (χ0) is 24.4. The number of carbonyl (C=O) groups is 3. The van der Waals surface area contributed by atoms with Gasteiger partial charge in [0.25, 0.3) is 0 Å². The Kier molecular flexibility index (Phi) is 7.39.